The van der Waals surface area contributed by atoms with Gasteiger partial charge in [-0.2, -0.15) is 0 Å². The molecule has 180 valence electrons. The fourth-order valence-corrected chi connectivity index (χ4v) is 4.09. The van der Waals surface area contributed by atoms with E-state index in [0.29, 0.717) is 22.6 Å². The molecule has 4 rings (SSSR count). The van der Waals surface area contributed by atoms with E-state index >= 15 is 0 Å². The number of ether oxygens (including phenoxy) is 3. The average molecular weight is 474 g/mol. The third-order valence-corrected chi connectivity index (χ3v) is 5.96. The summed E-state index contributed by atoms with van der Waals surface area (Å²) in [5.41, 5.74) is 8.46. The molecule has 0 saturated heterocycles. The van der Waals surface area contributed by atoms with Gasteiger partial charge in [0.1, 0.15) is 5.75 Å². The highest BCUT2D eigenvalue weighted by atomic mass is 16.6. The van der Waals surface area contributed by atoms with E-state index in [2.05, 4.69) is 15.6 Å². The van der Waals surface area contributed by atoms with Crippen molar-refractivity contribution in [3.05, 3.63) is 94.5 Å². The summed E-state index contributed by atoms with van der Waals surface area (Å²) < 4.78 is 16.1. The predicted octanol–water partition coefficient (Wildman–Crippen LogP) is 4.44. The maximum absolute atomic E-state index is 13.6. The Morgan fingerprint density at radius 2 is 1.71 bits per heavy atom. The Bertz CT molecular complexity index is 1270. The number of rotatable bonds is 7. The lowest BCUT2D eigenvalue weighted by Crippen LogP contribution is -2.34. The second-order valence-corrected chi connectivity index (χ2v) is 8.26. The van der Waals surface area contributed by atoms with Crippen molar-refractivity contribution in [2.24, 2.45) is 4.99 Å². The van der Waals surface area contributed by atoms with Crippen molar-refractivity contribution < 1.29 is 23.8 Å². The fourth-order valence-electron chi connectivity index (χ4n) is 4.09. The summed E-state index contributed by atoms with van der Waals surface area (Å²) >= 11 is 0. The van der Waals surface area contributed by atoms with Crippen molar-refractivity contribution in [2.45, 2.75) is 25.8 Å². The minimum atomic E-state index is -1.36. The van der Waals surface area contributed by atoms with Crippen molar-refractivity contribution in [1.29, 1.82) is 0 Å². The van der Waals surface area contributed by atoms with E-state index in [9.17, 15) is 9.59 Å². The molecule has 0 spiro atoms. The molecule has 8 nitrogen and oxygen atoms in total. The van der Waals surface area contributed by atoms with Crippen molar-refractivity contribution >= 4 is 23.6 Å². The van der Waals surface area contributed by atoms with Crippen molar-refractivity contribution in [2.75, 3.05) is 19.6 Å². The molecular formula is C27H27N3O5. The summed E-state index contributed by atoms with van der Waals surface area (Å²) in [6.45, 7) is 3.81. The zero-order chi connectivity index (χ0) is 25.0. The first-order valence-corrected chi connectivity index (χ1v) is 11.1. The first-order valence-electron chi connectivity index (χ1n) is 11.1. The van der Waals surface area contributed by atoms with Gasteiger partial charge in [-0.1, -0.05) is 54.1 Å². The number of nitrogens with zero attached hydrogens (tertiary/aromatic N) is 1. The van der Waals surface area contributed by atoms with Crippen LogP contribution in [-0.4, -0.2) is 32.2 Å². The van der Waals surface area contributed by atoms with Gasteiger partial charge in [0.15, 0.2) is 5.54 Å². The van der Waals surface area contributed by atoms with Crippen LogP contribution in [0.25, 0.3) is 0 Å². The van der Waals surface area contributed by atoms with Crippen LogP contribution in [0, 0.1) is 13.8 Å². The molecule has 1 heterocycles. The average Bonchev–Trinajstić information content (AvgIpc) is 3.20. The number of aliphatic imine (C=N–C) groups is 1. The Labute approximate surface area is 203 Å². The number of esters is 1. The molecule has 1 amide bonds. The highest BCUT2D eigenvalue weighted by Gasteiger charge is 2.50. The normalized spacial score (nSPS) is 16.8. The minimum Gasteiger partial charge on any atom is -0.496 e. The smallest absolute Gasteiger partial charge is 0.425 e. The second-order valence-electron chi connectivity index (χ2n) is 8.26. The molecule has 0 aromatic heterocycles. The maximum atomic E-state index is 13.6. The van der Waals surface area contributed by atoms with Crippen LogP contribution in [0.15, 0.2) is 71.7 Å². The molecule has 35 heavy (non-hydrogen) atoms. The second kappa shape index (κ2) is 9.89. The van der Waals surface area contributed by atoms with Crippen LogP contribution in [0.4, 0.5) is 10.5 Å². The van der Waals surface area contributed by atoms with Crippen LogP contribution < -0.4 is 15.6 Å². The standard InChI is InChI=1S/C27H27N3O5/c1-17-10-12-20(13-11-17)24-28-27(25(31)35-24,16-19-8-6-5-7-9-19)21-14-15-22(18(2)23(21)33-3)29-30-26(32)34-4/h5-15,29H,16H2,1-4H3,(H,30,32)/t27-/m1/s1. The van der Waals surface area contributed by atoms with Crippen LogP contribution in [0.1, 0.15) is 27.8 Å². The number of nitrogens with one attached hydrogen (secondary N) is 2. The SMILES string of the molecule is COC(=O)NNc1ccc([C@@]2(Cc3ccccc3)N=C(c3ccc(C)cc3)OC2=O)c(OC)c1C. The predicted molar refractivity (Wildman–Crippen MR) is 133 cm³/mol. The molecule has 8 heteroatoms. The van der Waals surface area contributed by atoms with E-state index in [1.807, 2.05) is 68.4 Å². The van der Waals surface area contributed by atoms with Crippen LogP contribution in [0.5, 0.6) is 5.75 Å². The zero-order valence-electron chi connectivity index (χ0n) is 20.0. The number of cyclic esters (lactones) is 1. The molecule has 0 unspecified atom stereocenters. The molecule has 0 bridgehead atoms. The number of carbonyl (C=O) groups is 2. The lowest BCUT2D eigenvalue weighted by atomic mass is 9.83. The highest BCUT2D eigenvalue weighted by molar-refractivity contribution is 6.08. The molecule has 3 aromatic rings. The van der Waals surface area contributed by atoms with Gasteiger partial charge in [-0.25, -0.2) is 20.0 Å². The van der Waals surface area contributed by atoms with Crippen molar-refractivity contribution in [3.8, 4) is 5.75 Å². The van der Waals surface area contributed by atoms with Gasteiger partial charge in [0.2, 0.25) is 5.90 Å². The lowest BCUT2D eigenvalue weighted by Gasteiger charge is -2.26. The number of hydrogen-bond acceptors (Lipinski definition) is 7. The Morgan fingerprint density at radius 1 is 1.00 bits per heavy atom. The van der Waals surface area contributed by atoms with E-state index < -0.39 is 17.6 Å². The first kappa shape index (κ1) is 23.8. The number of carbonyl (C=O) groups excluding carboxylic acids is 2. The molecule has 1 atom stereocenters. The van der Waals surface area contributed by atoms with Crippen LogP contribution in [-0.2, 0) is 26.2 Å². The van der Waals surface area contributed by atoms with Crippen LogP contribution >= 0.6 is 0 Å². The van der Waals surface area contributed by atoms with E-state index in [1.54, 1.807) is 12.1 Å². The number of aryl methyl sites for hydroxylation is 1. The molecule has 1 aliphatic heterocycles. The molecular weight excluding hydrogens is 446 g/mol. The fraction of sp³-hybridized carbons (Fsp3) is 0.222. The van der Waals surface area contributed by atoms with Gasteiger partial charge in [0.05, 0.1) is 19.9 Å². The molecule has 0 radical (unpaired) electrons. The van der Waals surface area contributed by atoms with Gasteiger partial charge in [-0.05, 0) is 37.6 Å². The van der Waals surface area contributed by atoms with Crippen LogP contribution in [0.3, 0.4) is 0 Å². The van der Waals surface area contributed by atoms with E-state index in [-0.39, 0.29) is 12.3 Å². The molecule has 3 aromatic carbocycles. The molecule has 0 fully saturated rings. The number of amides is 1. The quantitative estimate of drug-likeness (QED) is 0.389. The zero-order valence-corrected chi connectivity index (χ0v) is 20.0. The number of anilines is 1. The summed E-state index contributed by atoms with van der Waals surface area (Å²) in [6.07, 6.45) is -0.356. The van der Waals surface area contributed by atoms with Gasteiger partial charge in [-0.15, -0.1) is 0 Å². The molecule has 0 aliphatic carbocycles. The Kier molecular flexibility index (Phi) is 6.73. The third kappa shape index (κ3) is 4.68. The van der Waals surface area contributed by atoms with Gasteiger partial charge in [-0.3, -0.25) is 5.43 Å². The van der Waals surface area contributed by atoms with Crippen LogP contribution in [0.2, 0.25) is 0 Å². The third-order valence-electron chi connectivity index (χ3n) is 5.96. The van der Waals surface area contributed by atoms with Gasteiger partial charge >= 0.3 is 12.1 Å². The first-order chi connectivity index (χ1) is 16.9. The van der Waals surface area contributed by atoms with E-state index in [1.165, 1.54) is 14.2 Å². The molecule has 2 N–H and O–H groups in total. The topological polar surface area (TPSA) is 98.3 Å². The lowest BCUT2D eigenvalue weighted by molar-refractivity contribution is -0.139. The summed E-state index contributed by atoms with van der Waals surface area (Å²) in [5.74, 6) is 0.242. The minimum absolute atomic E-state index is 0.264. The van der Waals surface area contributed by atoms with Gasteiger partial charge in [0.25, 0.3) is 0 Å². The van der Waals surface area contributed by atoms with E-state index in [4.69, 9.17) is 14.5 Å². The Hall–Kier alpha value is -4.33. The number of methoxy groups -OCH3 is 2. The Balaban J connectivity index is 1.84. The number of benzene rings is 3. The monoisotopic (exact) mass is 473 g/mol. The number of hydrazine groups is 1. The van der Waals surface area contributed by atoms with E-state index in [0.717, 1.165) is 16.7 Å². The Morgan fingerprint density at radius 3 is 2.37 bits per heavy atom. The molecule has 0 saturated carbocycles. The maximum Gasteiger partial charge on any atom is 0.425 e. The summed E-state index contributed by atoms with van der Waals surface area (Å²) in [4.78, 5) is 30.0. The van der Waals surface area contributed by atoms with Gasteiger partial charge < -0.3 is 14.2 Å². The summed E-state index contributed by atoms with van der Waals surface area (Å²) in [5, 5.41) is 0. The van der Waals surface area contributed by atoms with Crippen molar-refractivity contribution in [3.63, 3.8) is 0 Å². The highest BCUT2D eigenvalue weighted by Crippen LogP contribution is 2.44. The van der Waals surface area contributed by atoms with Crippen molar-refractivity contribution in [1.82, 2.24) is 5.43 Å². The molecule has 1 aliphatic rings. The van der Waals surface area contributed by atoms with Gasteiger partial charge in [0, 0.05) is 23.1 Å². The number of hydrogen-bond donors (Lipinski definition) is 2. The summed E-state index contributed by atoms with van der Waals surface area (Å²) in [7, 11) is 2.81. The summed E-state index contributed by atoms with van der Waals surface area (Å²) in [6, 6.07) is 20.8. The largest absolute Gasteiger partial charge is 0.496 e.